The van der Waals surface area contributed by atoms with E-state index in [4.69, 9.17) is 21.1 Å². The molecule has 0 spiro atoms. The fourth-order valence-electron chi connectivity index (χ4n) is 3.05. The van der Waals surface area contributed by atoms with Crippen LogP contribution in [0.3, 0.4) is 0 Å². The Morgan fingerprint density at radius 1 is 1.19 bits per heavy atom. The number of carbonyl (C=O) groups excluding carboxylic acids is 3. The van der Waals surface area contributed by atoms with Crippen LogP contribution in [-0.2, 0) is 14.3 Å². The van der Waals surface area contributed by atoms with Gasteiger partial charge in [-0.3, -0.25) is 10.1 Å². The molecule has 3 amide bonds. The number of rotatable bonds is 6. The summed E-state index contributed by atoms with van der Waals surface area (Å²) in [6, 6.07) is 2.98. The Hall–Kier alpha value is -2.28. The van der Waals surface area contributed by atoms with Crippen LogP contribution in [0.1, 0.15) is 43.7 Å². The summed E-state index contributed by atoms with van der Waals surface area (Å²) >= 11 is 5.96. The van der Waals surface area contributed by atoms with E-state index in [1.54, 1.807) is 12.1 Å². The number of halogens is 1. The van der Waals surface area contributed by atoms with Crippen molar-refractivity contribution >= 4 is 29.5 Å². The van der Waals surface area contributed by atoms with Crippen molar-refractivity contribution in [1.29, 1.82) is 0 Å². The molecule has 148 valence electrons. The first-order chi connectivity index (χ1) is 12.8. The fraction of sp³-hybridized carbons (Fsp3) is 0.526. The van der Waals surface area contributed by atoms with Crippen LogP contribution in [0.25, 0.3) is 0 Å². The number of hydrogen-bond acceptors (Lipinski definition) is 5. The van der Waals surface area contributed by atoms with E-state index in [1.165, 1.54) is 6.92 Å². The molecule has 0 aliphatic heterocycles. The number of esters is 1. The van der Waals surface area contributed by atoms with Gasteiger partial charge in [0.15, 0.2) is 12.7 Å². The lowest BCUT2D eigenvalue weighted by Gasteiger charge is -2.16. The Morgan fingerprint density at radius 3 is 2.37 bits per heavy atom. The second-order valence-corrected chi connectivity index (χ2v) is 7.17. The zero-order chi connectivity index (χ0) is 20.0. The van der Waals surface area contributed by atoms with Gasteiger partial charge in [-0.1, -0.05) is 24.4 Å². The SMILES string of the molecule is Cc1cc(Cl)cc(C)c1OCC(=O)O[C@H](C)C(=O)NC(=O)NC1CCCC1. The monoisotopic (exact) mass is 396 g/mol. The zero-order valence-electron chi connectivity index (χ0n) is 15.8. The Bertz CT molecular complexity index is 693. The van der Waals surface area contributed by atoms with Crippen molar-refractivity contribution in [3.63, 3.8) is 0 Å². The van der Waals surface area contributed by atoms with E-state index in [2.05, 4.69) is 10.6 Å². The van der Waals surface area contributed by atoms with E-state index in [0.717, 1.165) is 36.8 Å². The Balaban J connectivity index is 1.77. The summed E-state index contributed by atoms with van der Waals surface area (Å²) in [7, 11) is 0. The summed E-state index contributed by atoms with van der Waals surface area (Å²) in [5.74, 6) is -0.843. The number of nitrogens with one attached hydrogen (secondary N) is 2. The van der Waals surface area contributed by atoms with Gasteiger partial charge in [0.2, 0.25) is 0 Å². The van der Waals surface area contributed by atoms with Crippen molar-refractivity contribution in [3.8, 4) is 5.75 Å². The molecular formula is C19H25ClN2O5. The Kier molecular flexibility index (Phi) is 7.47. The highest BCUT2D eigenvalue weighted by Gasteiger charge is 2.23. The third-order valence-corrected chi connectivity index (χ3v) is 4.58. The van der Waals surface area contributed by atoms with Crippen LogP contribution in [-0.4, -0.2) is 36.7 Å². The summed E-state index contributed by atoms with van der Waals surface area (Å²) in [5, 5.41) is 5.51. The summed E-state index contributed by atoms with van der Waals surface area (Å²) in [5.41, 5.74) is 1.59. The molecule has 1 saturated carbocycles. The van der Waals surface area contributed by atoms with Crippen LogP contribution < -0.4 is 15.4 Å². The minimum Gasteiger partial charge on any atom is -0.481 e. The predicted octanol–water partition coefficient (Wildman–Crippen LogP) is 3.04. The van der Waals surface area contributed by atoms with Crippen molar-refractivity contribution in [1.82, 2.24) is 10.6 Å². The lowest BCUT2D eigenvalue weighted by atomic mass is 10.1. The van der Waals surface area contributed by atoms with E-state index in [9.17, 15) is 14.4 Å². The standard InChI is InChI=1S/C19H25ClN2O5/c1-11-8-14(20)9-12(2)17(11)26-10-16(23)27-13(3)18(24)22-19(25)21-15-6-4-5-7-15/h8-9,13,15H,4-7,10H2,1-3H3,(H2,21,22,24,25)/t13-/m1/s1. The van der Waals surface area contributed by atoms with E-state index >= 15 is 0 Å². The van der Waals surface area contributed by atoms with Crippen molar-refractivity contribution in [2.24, 2.45) is 0 Å². The normalized spacial score (nSPS) is 15.1. The van der Waals surface area contributed by atoms with Crippen LogP contribution in [0.15, 0.2) is 12.1 Å². The number of imide groups is 1. The smallest absolute Gasteiger partial charge is 0.344 e. The number of amides is 3. The predicted molar refractivity (Wildman–Crippen MR) is 101 cm³/mol. The van der Waals surface area contributed by atoms with Gasteiger partial charge in [-0.15, -0.1) is 0 Å². The lowest BCUT2D eigenvalue weighted by Crippen LogP contribution is -2.47. The number of urea groups is 1. The molecular weight excluding hydrogens is 372 g/mol. The summed E-state index contributed by atoms with van der Waals surface area (Å²) in [4.78, 5) is 35.7. The molecule has 1 aromatic rings. The summed E-state index contributed by atoms with van der Waals surface area (Å²) in [6.07, 6.45) is 2.85. The van der Waals surface area contributed by atoms with Crippen molar-refractivity contribution in [2.75, 3.05) is 6.61 Å². The molecule has 0 aromatic heterocycles. The van der Waals surface area contributed by atoms with Gasteiger partial charge >= 0.3 is 12.0 Å². The summed E-state index contributed by atoms with van der Waals surface area (Å²) < 4.78 is 10.5. The van der Waals surface area contributed by atoms with Gasteiger partial charge < -0.3 is 14.8 Å². The first-order valence-corrected chi connectivity index (χ1v) is 9.34. The summed E-state index contributed by atoms with van der Waals surface area (Å²) in [6.45, 7) is 4.68. The third-order valence-electron chi connectivity index (χ3n) is 4.36. The molecule has 1 aromatic carbocycles. The maximum Gasteiger partial charge on any atom is 0.344 e. The van der Waals surface area contributed by atoms with Crippen LogP contribution in [0, 0.1) is 13.8 Å². The molecule has 27 heavy (non-hydrogen) atoms. The minimum atomic E-state index is -1.11. The highest BCUT2D eigenvalue weighted by molar-refractivity contribution is 6.30. The van der Waals surface area contributed by atoms with Crippen LogP contribution in [0.4, 0.5) is 4.79 Å². The fourth-order valence-corrected chi connectivity index (χ4v) is 3.37. The molecule has 8 heteroatoms. The van der Waals surface area contributed by atoms with Gasteiger partial charge in [0.1, 0.15) is 5.75 Å². The third kappa shape index (κ3) is 6.43. The molecule has 1 aliphatic rings. The number of aryl methyl sites for hydroxylation is 2. The van der Waals surface area contributed by atoms with Gasteiger partial charge in [-0.25, -0.2) is 9.59 Å². The lowest BCUT2D eigenvalue weighted by molar-refractivity contribution is -0.156. The highest BCUT2D eigenvalue weighted by atomic mass is 35.5. The number of hydrogen-bond donors (Lipinski definition) is 2. The quantitative estimate of drug-likeness (QED) is 0.721. The molecule has 0 saturated heterocycles. The second-order valence-electron chi connectivity index (χ2n) is 6.73. The Morgan fingerprint density at radius 2 is 1.78 bits per heavy atom. The second kappa shape index (κ2) is 9.60. The molecule has 0 heterocycles. The maximum absolute atomic E-state index is 12.0. The van der Waals surface area contributed by atoms with E-state index in [-0.39, 0.29) is 12.6 Å². The van der Waals surface area contributed by atoms with Crippen LogP contribution in [0.5, 0.6) is 5.75 Å². The van der Waals surface area contributed by atoms with Gasteiger partial charge in [0.25, 0.3) is 5.91 Å². The van der Waals surface area contributed by atoms with Crippen molar-refractivity contribution in [2.45, 2.75) is 58.6 Å². The molecule has 7 nitrogen and oxygen atoms in total. The molecule has 0 unspecified atom stereocenters. The molecule has 1 fully saturated rings. The highest BCUT2D eigenvalue weighted by Crippen LogP contribution is 2.27. The molecule has 2 rings (SSSR count). The van der Waals surface area contributed by atoms with Crippen LogP contribution in [0.2, 0.25) is 5.02 Å². The van der Waals surface area contributed by atoms with Crippen molar-refractivity contribution < 1.29 is 23.9 Å². The van der Waals surface area contributed by atoms with Gasteiger partial charge in [0, 0.05) is 11.1 Å². The number of ether oxygens (including phenoxy) is 2. The van der Waals surface area contributed by atoms with E-state index < -0.39 is 24.0 Å². The zero-order valence-corrected chi connectivity index (χ0v) is 16.5. The maximum atomic E-state index is 12.0. The molecule has 2 N–H and O–H groups in total. The molecule has 1 aliphatic carbocycles. The minimum absolute atomic E-state index is 0.0925. The molecule has 1 atom stereocenters. The Labute approximate surface area is 163 Å². The first kappa shape index (κ1) is 21.0. The largest absolute Gasteiger partial charge is 0.481 e. The van der Waals surface area contributed by atoms with Crippen molar-refractivity contribution in [3.05, 3.63) is 28.3 Å². The van der Waals surface area contributed by atoms with E-state index in [0.29, 0.717) is 10.8 Å². The van der Waals surface area contributed by atoms with Gasteiger partial charge in [0.05, 0.1) is 0 Å². The van der Waals surface area contributed by atoms with Gasteiger partial charge in [-0.2, -0.15) is 0 Å². The number of benzene rings is 1. The molecule has 0 bridgehead atoms. The number of carbonyl (C=O) groups is 3. The average Bonchev–Trinajstić information content (AvgIpc) is 3.06. The average molecular weight is 397 g/mol. The topological polar surface area (TPSA) is 93.7 Å². The van der Waals surface area contributed by atoms with Crippen LogP contribution >= 0.6 is 11.6 Å². The van der Waals surface area contributed by atoms with Gasteiger partial charge in [-0.05, 0) is 56.9 Å². The first-order valence-electron chi connectivity index (χ1n) is 8.96. The molecule has 0 radical (unpaired) electrons. The van der Waals surface area contributed by atoms with E-state index in [1.807, 2.05) is 13.8 Å².